The molecule has 4 aromatic heterocycles. The van der Waals surface area contributed by atoms with Gasteiger partial charge < -0.3 is 9.47 Å². The molecule has 6 nitrogen and oxygen atoms in total. The first-order valence-electron chi connectivity index (χ1n) is 17.3. The number of nitrogens with zero attached hydrogens (tertiary/aromatic N) is 6. The fourth-order valence-electron chi connectivity index (χ4n) is 9.77. The van der Waals surface area contributed by atoms with Crippen molar-refractivity contribution in [3.05, 3.63) is 175 Å². The van der Waals surface area contributed by atoms with Gasteiger partial charge in [-0.3, -0.25) is 0 Å². The van der Waals surface area contributed by atoms with Crippen molar-refractivity contribution in [1.29, 1.82) is 0 Å². The second-order valence-corrected chi connectivity index (χ2v) is 13.9. The molecular formula is C43H27BN6+2. The van der Waals surface area contributed by atoms with Gasteiger partial charge in [-0.1, -0.05) is 88.8 Å². The van der Waals surface area contributed by atoms with E-state index in [2.05, 4.69) is 192 Å². The Balaban J connectivity index is 1.18. The van der Waals surface area contributed by atoms with Gasteiger partial charge in [0.2, 0.25) is 12.9 Å². The van der Waals surface area contributed by atoms with Crippen LogP contribution in [0.15, 0.2) is 164 Å². The van der Waals surface area contributed by atoms with E-state index in [0.717, 1.165) is 11.5 Å². The Morgan fingerprint density at radius 3 is 1.98 bits per heavy atom. The van der Waals surface area contributed by atoms with Gasteiger partial charge in [-0.05, 0) is 60.9 Å². The van der Waals surface area contributed by atoms with Crippen molar-refractivity contribution in [2.24, 2.45) is 0 Å². The third-order valence-corrected chi connectivity index (χ3v) is 11.7. The average Bonchev–Trinajstić information content (AvgIpc) is 3.92. The molecule has 1 atom stereocenters. The Labute approximate surface area is 286 Å². The summed E-state index contributed by atoms with van der Waals surface area (Å²) in [6, 6.07) is 44.5. The lowest BCUT2D eigenvalue weighted by Crippen LogP contribution is -2.76. The highest BCUT2D eigenvalue weighted by atomic mass is 15.5. The largest absolute Gasteiger partial charge is 0.394 e. The Bertz CT molecular complexity index is 3060. The van der Waals surface area contributed by atoms with Gasteiger partial charge in [0.1, 0.15) is 28.0 Å². The molecule has 0 saturated carbocycles. The Hall–Kier alpha value is -6.60. The van der Waals surface area contributed by atoms with Gasteiger partial charge in [0.15, 0.2) is 5.52 Å². The van der Waals surface area contributed by atoms with Crippen molar-refractivity contribution in [1.82, 2.24) is 13.8 Å². The van der Waals surface area contributed by atoms with E-state index < -0.39 is 5.66 Å². The molecule has 50 heavy (non-hydrogen) atoms. The minimum Gasteiger partial charge on any atom is -0.320 e. The summed E-state index contributed by atoms with van der Waals surface area (Å²) < 4.78 is 12.5. The van der Waals surface area contributed by atoms with Crippen LogP contribution in [0.2, 0.25) is 0 Å². The van der Waals surface area contributed by atoms with Crippen molar-refractivity contribution in [3.63, 3.8) is 0 Å². The normalized spacial score (nSPS) is 17.4. The van der Waals surface area contributed by atoms with Crippen molar-refractivity contribution < 1.29 is 9.25 Å². The first-order valence-corrected chi connectivity index (χ1v) is 17.3. The number of benzene rings is 5. The summed E-state index contributed by atoms with van der Waals surface area (Å²) >= 11 is 0. The minimum atomic E-state index is -0.664. The third-order valence-electron chi connectivity index (χ3n) is 11.7. The molecule has 0 aliphatic carbocycles. The molecule has 8 heterocycles. The molecule has 9 aromatic rings. The highest BCUT2D eigenvalue weighted by Crippen LogP contribution is 2.54. The molecule has 0 radical (unpaired) electrons. The quantitative estimate of drug-likeness (QED) is 0.151. The monoisotopic (exact) mass is 638 g/mol. The zero-order valence-corrected chi connectivity index (χ0v) is 26.8. The fourth-order valence-corrected chi connectivity index (χ4v) is 9.77. The second kappa shape index (κ2) is 8.51. The van der Waals surface area contributed by atoms with Gasteiger partial charge in [-0.15, -0.1) is 4.68 Å². The number of pyridine rings is 1. The molecule has 0 N–H and O–H groups in total. The zero-order valence-electron chi connectivity index (χ0n) is 26.8. The molecule has 0 bridgehead atoms. The Morgan fingerprint density at radius 1 is 0.560 bits per heavy atom. The van der Waals surface area contributed by atoms with Gasteiger partial charge in [0.25, 0.3) is 5.82 Å². The number of hydrogen-bond acceptors (Lipinski definition) is 1. The summed E-state index contributed by atoms with van der Waals surface area (Å²) in [6.07, 6.45) is 11.4. The number of anilines is 1. The van der Waals surface area contributed by atoms with E-state index >= 15 is 0 Å². The van der Waals surface area contributed by atoms with E-state index in [1.165, 1.54) is 71.6 Å². The summed E-state index contributed by atoms with van der Waals surface area (Å²) in [5.41, 5.74) is 11.8. The summed E-state index contributed by atoms with van der Waals surface area (Å²) in [4.78, 5) is 2.25. The average molecular weight is 639 g/mol. The van der Waals surface area contributed by atoms with Crippen molar-refractivity contribution in [3.8, 4) is 17.2 Å². The van der Waals surface area contributed by atoms with Crippen LogP contribution in [-0.2, 0) is 5.66 Å². The van der Waals surface area contributed by atoms with Crippen molar-refractivity contribution in [2.45, 2.75) is 5.66 Å². The van der Waals surface area contributed by atoms with Gasteiger partial charge in [-0.2, -0.15) is 9.13 Å². The molecule has 4 aliphatic rings. The van der Waals surface area contributed by atoms with Gasteiger partial charge in [0, 0.05) is 27.6 Å². The second-order valence-electron chi connectivity index (χ2n) is 13.9. The lowest BCUT2D eigenvalue weighted by molar-refractivity contribution is -0.993. The first kappa shape index (κ1) is 25.4. The first-order chi connectivity index (χ1) is 24.8. The molecule has 230 valence electrons. The molecule has 7 heteroatoms. The van der Waals surface area contributed by atoms with E-state index in [1.54, 1.807) is 0 Å². The maximum Gasteiger partial charge on any atom is 0.394 e. The zero-order chi connectivity index (χ0) is 32.3. The number of fused-ring (bicyclic) bond motifs is 11. The maximum atomic E-state index is 2.54. The molecule has 1 unspecified atom stereocenters. The van der Waals surface area contributed by atoms with E-state index in [9.17, 15) is 0 Å². The summed E-state index contributed by atoms with van der Waals surface area (Å²) in [5, 5.41) is 5.12. The van der Waals surface area contributed by atoms with Gasteiger partial charge in [-0.25, -0.2) is 0 Å². The number of hydrogen-bond donors (Lipinski definition) is 0. The van der Waals surface area contributed by atoms with E-state index in [0.29, 0.717) is 0 Å². The lowest BCUT2D eigenvalue weighted by atomic mass is 9.45. The molecule has 1 spiro atoms. The SMILES string of the molecule is C1=CN(c2cn3[n+](c2)C24c5c-3ccc3c6ccccc6n(c53)-c3ccc5c6ccccc6n(c5c32)-c2cccc[n+]24)C=CB1c1ccccc1. The van der Waals surface area contributed by atoms with Crippen LogP contribution < -0.4 is 19.6 Å². The molecule has 0 amide bonds. The maximum absolute atomic E-state index is 2.54. The molecular weight excluding hydrogens is 611 g/mol. The standard InChI is InChI=1S/C43H27BN6/c1-2-10-28(11-3-1)44-21-24-45(25-22-44)29-26-47-36-19-17-32-30-12-4-6-14-34(30)49-37-20-18-33-31-13-5-7-15-35(31)50-38-16-8-9-23-46(38)43(48(47)27-29,39(36)41(32)49)40(37)42(33)50/h1-27H/q+2. The molecule has 0 fully saturated rings. The molecule has 0 saturated heterocycles. The predicted octanol–water partition coefficient (Wildman–Crippen LogP) is 6.81. The fraction of sp³-hybridized carbons (Fsp3) is 0.0233. The summed E-state index contributed by atoms with van der Waals surface area (Å²) in [7, 11) is 0. The number of rotatable bonds is 2. The predicted molar refractivity (Wildman–Crippen MR) is 199 cm³/mol. The van der Waals surface area contributed by atoms with E-state index in [1.807, 2.05) is 0 Å². The lowest BCUT2D eigenvalue weighted by Gasteiger charge is -2.33. The highest BCUT2D eigenvalue weighted by Gasteiger charge is 2.68. The van der Waals surface area contributed by atoms with Crippen LogP contribution in [0.1, 0.15) is 11.1 Å². The van der Waals surface area contributed by atoms with Gasteiger partial charge in [0.05, 0.1) is 29.1 Å². The van der Waals surface area contributed by atoms with Crippen molar-refractivity contribution >= 4 is 61.5 Å². The van der Waals surface area contributed by atoms with E-state index in [-0.39, 0.29) is 6.71 Å². The number of aromatic nitrogens is 5. The van der Waals surface area contributed by atoms with Gasteiger partial charge >= 0.3 is 5.66 Å². The minimum absolute atomic E-state index is 0.255. The number of para-hydroxylation sites is 2. The van der Waals surface area contributed by atoms with Crippen LogP contribution in [-0.4, -0.2) is 20.5 Å². The Kier molecular flexibility index (Phi) is 4.33. The summed E-state index contributed by atoms with van der Waals surface area (Å²) in [6.45, 7) is 0.255. The van der Waals surface area contributed by atoms with Crippen LogP contribution in [0.25, 0.3) is 60.8 Å². The van der Waals surface area contributed by atoms with E-state index in [4.69, 9.17) is 0 Å². The van der Waals surface area contributed by atoms with Crippen LogP contribution in [0.5, 0.6) is 0 Å². The van der Waals surface area contributed by atoms with Crippen LogP contribution >= 0.6 is 0 Å². The third kappa shape index (κ3) is 2.69. The topological polar surface area (TPSA) is 25.8 Å². The molecule has 5 aromatic carbocycles. The smallest absolute Gasteiger partial charge is 0.320 e. The molecule has 13 rings (SSSR count). The Morgan fingerprint density at radius 2 is 1.20 bits per heavy atom. The van der Waals surface area contributed by atoms with Crippen molar-refractivity contribution in [2.75, 3.05) is 4.90 Å². The van der Waals surface area contributed by atoms with Crippen LogP contribution in [0.3, 0.4) is 0 Å². The summed E-state index contributed by atoms with van der Waals surface area (Å²) in [5.74, 6) is 5.74. The highest BCUT2D eigenvalue weighted by molar-refractivity contribution is 6.82. The van der Waals surface area contributed by atoms with Crippen LogP contribution in [0, 0.1) is 0 Å². The molecule has 4 aliphatic heterocycles. The van der Waals surface area contributed by atoms with Crippen LogP contribution in [0.4, 0.5) is 5.69 Å².